The fourth-order valence-corrected chi connectivity index (χ4v) is 6.51. The van der Waals surface area contributed by atoms with Crippen LogP contribution in [0.3, 0.4) is 0 Å². The molecule has 0 radical (unpaired) electrons. The standard InChI is InChI=1S/C28H28N2O3/c1-15-8-9-16(2)22(12-15)29-26(31)23(13-17-6-4-3-5-7-17)30-27(32)24-18-10-11-19(21-14-20(18)21)25(24)28(30)33/h3-12,18-21,23-25H,13-14H2,1-2H3,(H,29,31)/t18-,19-,20-,21-,23-,24-,25+/m0/s1. The number of likely N-dealkylation sites (tertiary alicyclic amines) is 1. The summed E-state index contributed by atoms with van der Waals surface area (Å²) in [7, 11) is 0. The highest BCUT2D eigenvalue weighted by Gasteiger charge is 2.67. The van der Waals surface area contributed by atoms with Crippen molar-refractivity contribution in [3.05, 3.63) is 77.4 Å². The van der Waals surface area contributed by atoms with Crippen LogP contribution in [0.15, 0.2) is 60.7 Å². The Morgan fingerprint density at radius 1 is 0.970 bits per heavy atom. The van der Waals surface area contributed by atoms with Crippen LogP contribution in [0.4, 0.5) is 5.69 Å². The van der Waals surface area contributed by atoms with Crippen molar-refractivity contribution < 1.29 is 14.4 Å². The fraction of sp³-hybridized carbons (Fsp3) is 0.393. The van der Waals surface area contributed by atoms with Crippen molar-refractivity contribution in [1.29, 1.82) is 0 Å². The Balaban J connectivity index is 1.34. The Morgan fingerprint density at radius 2 is 1.61 bits per heavy atom. The van der Waals surface area contributed by atoms with Gasteiger partial charge in [0, 0.05) is 12.1 Å². The van der Waals surface area contributed by atoms with E-state index < -0.39 is 6.04 Å². The molecule has 0 aromatic heterocycles. The first-order valence-electron chi connectivity index (χ1n) is 11.9. The zero-order chi connectivity index (χ0) is 22.9. The van der Waals surface area contributed by atoms with Crippen LogP contribution in [-0.2, 0) is 20.8 Å². The molecule has 3 amide bonds. The predicted molar refractivity (Wildman–Crippen MR) is 125 cm³/mol. The van der Waals surface area contributed by atoms with E-state index in [1.807, 2.05) is 62.4 Å². The second-order valence-electron chi connectivity index (χ2n) is 10.2. The number of amides is 3. The monoisotopic (exact) mass is 440 g/mol. The van der Waals surface area contributed by atoms with Crippen molar-refractivity contribution >= 4 is 23.4 Å². The summed E-state index contributed by atoms with van der Waals surface area (Å²) in [5.41, 5.74) is 3.63. The van der Waals surface area contributed by atoms with Gasteiger partial charge in [-0.3, -0.25) is 19.3 Å². The number of hydrogen-bond donors (Lipinski definition) is 1. The van der Waals surface area contributed by atoms with Crippen LogP contribution in [0, 0.1) is 49.4 Å². The summed E-state index contributed by atoms with van der Waals surface area (Å²) >= 11 is 0. The molecule has 4 aliphatic carbocycles. The highest BCUT2D eigenvalue weighted by molar-refractivity contribution is 6.11. The highest BCUT2D eigenvalue weighted by Crippen LogP contribution is 2.65. The number of carbonyl (C=O) groups is 3. The molecule has 2 aromatic rings. The molecular formula is C28H28N2O3. The van der Waals surface area contributed by atoms with Crippen LogP contribution in [0.25, 0.3) is 0 Å². The Morgan fingerprint density at radius 3 is 2.24 bits per heavy atom. The van der Waals surface area contributed by atoms with Crippen molar-refractivity contribution in [2.45, 2.75) is 32.7 Å². The minimum Gasteiger partial charge on any atom is -0.324 e. The first-order valence-corrected chi connectivity index (χ1v) is 11.9. The molecule has 3 fully saturated rings. The zero-order valence-electron chi connectivity index (χ0n) is 18.9. The molecule has 1 saturated heterocycles. The van der Waals surface area contributed by atoms with Gasteiger partial charge >= 0.3 is 0 Å². The van der Waals surface area contributed by atoms with Crippen LogP contribution in [-0.4, -0.2) is 28.7 Å². The second-order valence-corrected chi connectivity index (χ2v) is 10.2. The van der Waals surface area contributed by atoms with Crippen LogP contribution in [0.1, 0.15) is 23.1 Å². The molecule has 2 aromatic carbocycles. The summed E-state index contributed by atoms with van der Waals surface area (Å²) in [6.45, 7) is 3.92. The van der Waals surface area contributed by atoms with Crippen molar-refractivity contribution in [2.75, 3.05) is 5.32 Å². The maximum atomic E-state index is 13.7. The van der Waals surface area contributed by atoms with Gasteiger partial charge in [0.05, 0.1) is 11.8 Å². The number of anilines is 1. The minimum atomic E-state index is -0.867. The van der Waals surface area contributed by atoms with Crippen molar-refractivity contribution in [1.82, 2.24) is 4.90 Å². The van der Waals surface area contributed by atoms with Gasteiger partial charge in [0.15, 0.2) is 0 Å². The number of rotatable bonds is 5. The number of allylic oxidation sites excluding steroid dienone is 2. The van der Waals surface area contributed by atoms with E-state index in [-0.39, 0.29) is 41.4 Å². The van der Waals surface area contributed by atoms with Gasteiger partial charge in [0.1, 0.15) is 6.04 Å². The lowest BCUT2D eigenvalue weighted by molar-refractivity contribution is -0.146. The average molecular weight is 441 g/mol. The van der Waals surface area contributed by atoms with E-state index in [9.17, 15) is 14.4 Å². The molecule has 0 spiro atoms. The Bertz CT molecular complexity index is 1150. The van der Waals surface area contributed by atoms with Gasteiger partial charge in [-0.25, -0.2) is 0 Å². The summed E-state index contributed by atoms with van der Waals surface area (Å²) in [5.74, 6) is 0.128. The Kier molecular flexibility index (Phi) is 4.58. The summed E-state index contributed by atoms with van der Waals surface area (Å²) < 4.78 is 0. The van der Waals surface area contributed by atoms with Gasteiger partial charge in [-0.05, 0) is 66.7 Å². The summed E-state index contributed by atoms with van der Waals surface area (Å²) in [6.07, 6.45) is 5.76. The summed E-state index contributed by atoms with van der Waals surface area (Å²) in [4.78, 5) is 42.4. The lowest BCUT2D eigenvalue weighted by Gasteiger charge is -2.37. The maximum absolute atomic E-state index is 13.7. The zero-order valence-corrected chi connectivity index (χ0v) is 18.9. The molecule has 5 heteroatoms. The van der Waals surface area contributed by atoms with E-state index in [2.05, 4.69) is 17.5 Å². The summed E-state index contributed by atoms with van der Waals surface area (Å²) in [5, 5.41) is 3.03. The number of carbonyl (C=O) groups excluding carboxylic acids is 3. The second kappa shape index (κ2) is 7.41. The van der Waals surface area contributed by atoms with Gasteiger partial charge in [0.25, 0.3) is 0 Å². The number of nitrogens with zero attached hydrogens (tertiary/aromatic N) is 1. The molecule has 1 heterocycles. The normalized spacial score (nSPS) is 31.9. The molecule has 7 rings (SSSR count). The van der Waals surface area contributed by atoms with Crippen molar-refractivity contribution in [2.24, 2.45) is 35.5 Å². The quantitative estimate of drug-likeness (QED) is 0.566. The number of benzene rings is 2. The highest BCUT2D eigenvalue weighted by atomic mass is 16.2. The molecule has 5 nitrogen and oxygen atoms in total. The van der Waals surface area contributed by atoms with Gasteiger partial charge in [-0.1, -0.05) is 54.6 Å². The molecule has 1 aliphatic heterocycles. The first-order chi connectivity index (χ1) is 15.9. The van der Waals surface area contributed by atoms with E-state index in [0.29, 0.717) is 18.3 Å². The molecule has 2 saturated carbocycles. The van der Waals surface area contributed by atoms with E-state index >= 15 is 0 Å². The maximum Gasteiger partial charge on any atom is 0.248 e. The third-order valence-corrected chi connectivity index (χ3v) is 8.23. The first kappa shape index (κ1) is 20.4. The third kappa shape index (κ3) is 3.17. The molecule has 0 unspecified atom stereocenters. The molecule has 5 aliphatic rings. The van der Waals surface area contributed by atoms with E-state index in [1.54, 1.807) is 0 Å². The minimum absolute atomic E-state index is 0.144. The lowest BCUT2D eigenvalue weighted by atomic mass is 9.63. The number of hydrogen-bond acceptors (Lipinski definition) is 3. The van der Waals surface area contributed by atoms with Gasteiger partial charge < -0.3 is 5.32 Å². The Labute approximate surface area is 193 Å². The fourth-order valence-electron chi connectivity index (χ4n) is 6.51. The van der Waals surface area contributed by atoms with Crippen LogP contribution < -0.4 is 5.32 Å². The van der Waals surface area contributed by atoms with Crippen molar-refractivity contribution in [3.8, 4) is 0 Å². The summed E-state index contributed by atoms with van der Waals surface area (Å²) in [6, 6.07) is 14.7. The van der Waals surface area contributed by atoms with Gasteiger partial charge in [-0.15, -0.1) is 0 Å². The van der Waals surface area contributed by atoms with Crippen LogP contribution >= 0.6 is 0 Å². The van der Waals surface area contributed by atoms with E-state index in [0.717, 1.165) is 28.8 Å². The molecule has 33 heavy (non-hydrogen) atoms. The average Bonchev–Trinajstić information content (AvgIpc) is 3.59. The van der Waals surface area contributed by atoms with Crippen molar-refractivity contribution in [3.63, 3.8) is 0 Å². The molecule has 1 N–H and O–H groups in total. The molecule has 168 valence electrons. The number of nitrogens with one attached hydrogen (secondary N) is 1. The van der Waals surface area contributed by atoms with Crippen LogP contribution in [0.5, 0.6) is 0 Å². The predicted octanol–water partition coefficient (Wildman–Crippen LogP) is 3.91. The largest absolute Gasteiger partial charge is 0.324 e. The van der Waals surface area contributed by atoms with Gasteiger partial charge in [-0.2, -0.15) is 0 Å². The number of aryl methyl sites for hydroxylation is 2. The Hall–Kier alpha value is -3.21. The van der Waals surface area contributed by atoms with Crippen LogP contribution in [0.2, 0.25) is 0 Å². The molecular weight excluding hydrogens is 412 g/mol. The smallest absolute Gasteiger partial charge is 0.248 e. The molecule has 2 bridgehead atoms. The molecule has 7 atom stereocenters. The van der Waals surface area contributed by atoms with E-state index in [1.165, 1.54) is 4.90 Å². The lowest BCUT2D eigenvalue weighted by Crippen LogP contribution is -2.49. The van der Waals surface area contributed by atoms with E-state index in [4.69, 9.17) is 0 Å². The third-order valence-electron chi connectivity index (χ3n) is 8.23. The van der Waals surface area contributed by atoms with Gasteiger partial charge in [0.2, 0.25) is 17.7 Å². The SMILES string of the molecule is Cc1ccc(C)c(NC(=O)[C@H](Cc2ccccc2)N2C(=O)[C@@H]3[C@H]4C=C[C@@H]([C@@H]5C[C@@H]45)[C@@H]3C2=O)c1. The topological polar surface area (TPSA) is 66.5 Å². The number of imide groups is 1.